The summed E-state index contributed by atoms with van der Waals surface area (Å²) in [5.41, 5.74) is 5.39. The highest BCUT2D eigenvalue weighted by Gasteiger charge is 2.40. The van der Waals surface area contributed by atoms with Gasteiger partial charge in [-0.2, -0.15) is 5.10 Å². The predicted molar refractivity (Wildman–Crippen MR) is 96.4 cm³/mol. The van der Waals surface area contributed by atoms with Crippen molar-refractivity contribution in [3.63, 3.8) is 0 Å². The quantitative estimate of drug-likeness (QED) is 0.592. The van der Waals surface area contributed by atoms with Gasteiger partial charge in [0, 0.05) is 53.5 Å². The van der Waals surface area contributed by atoms with Gasteiger partial charge in [0.15, 0.2) is 9.53 Å². The molecule has 0 saturated carbocycles. The maximum atomic E-state index is 12.3. The number of hydrogen-bond acceptors (Lipinski definition) is 4. The van der Waals surface area contributed by atoms with E-state index in [4.69, 9.17) is 0 Å². The third kappa shape index (κ3) is 2.45. The highest BCUT2D eigenvalue weighted by atomic mass is 127. The molecular formula is C16H20IN5O. The molecule has 1 aliphatic carbocycles. The maximum Gasteiger partial charge on any atom is 0.271 e. The fourth-order valence-electron chi connectivity index (χ4n) is 3.42. The van der Waals surface area contributed by atoms with E-state index in [1.165, 1.54) is 5.56 Å². The average molecular weight is 425 g/mol. The SMILES string of the molecule is CCc1nc(I)nc2c1CC(C)(C)c1c(C(=O)NC)nn(C)c1-2. The standard InChI is InChI=1S/C16H20IN5O/c1-6-9-8-7-16(2,3)10-12(14(23)18-4)21-22(5)13(10)11(8)20-15(17)19-9/h6-7H2,1-5H3,(H,18,23). The van der Waals surface area contributed by atoms with Crippen LogP contribution >= 0.6 is 22.6 Å². The van der Waals surface area contributed by atoms with E-state index in [1.54, 1.807) is 11.7 Å². The van der Waals surface area contributed by atoms with Crippen molar-refractivity contribution in [2.24, 2.45) is 7.05 Å². The maximum absolute atomic E-state index is 12.3. The molecule has 1 aliphatic rings. The van der Waals surface area contributed by atoms with Crippen molar-refractivity contribution in [1.29, 1.82) is 0 Å². The van der Waals surface area contributed by atoms with Gasteiger partial charge in [0.1, 0.15) is 0 Å². The lowest BCUT2D eigenvalue weighted by molar-refractivity contribution is 0.0955. The molecule has 2 heterocycles. The summed E-state index contributed by atoms with van der Waals surface area (Å²) < 4.78 is 2.51. The van der Waals surface area contributed by atoms with Crippen LogP contribution in [0, 0.1) is 3.83 Å². The highest BCUT2D eigenvalue weighted by Crippen LogP contribution is 2.44. The molecule has 0 unspecified atom stereocenters. The van der Waals surface area contributed by atoms with Gasteiger partial charge in [-0.05, 0) is 18.3 Å². The number of carbonyl (C=O) groups excluding carboxylic acids is 1. The Bertz CT molecular complexity index is 809. The molecule has 23 heavy (non-hydrogen) atoms. The molecule has 2 aromatic heterocycles. The van der Waals surface area contributed by atoms with E-state index in [9.17, 15) is 4.79 Å². The fourth-order valence-corrected chi connectivity index (χ4v) is 3.95. The van der Waals surface area contributed by atoms with Crippen molar-refractivity contribution < 1.29 is 4.79 Å². The molecule has 3 rings (SSSR count). The highest BCUT2D eigenvalue weighted by molar-refractivity contribution is 14.1. The van der Waals surface area contributed by atoms with E-state index in [0.717, 1.165) is 39.3 Å². The Morgan fingerprint density at radius 1 is 1.39 bits per heavy atom. The Morgan fingerprint density at radius 2 is 2.09 bits per heavy atom. The van der Waals surface area contributed by atoms with Crippen molar-refractivity contribution in [2.45, 2.75) is 39.0 Å². The van der Waals surface area contributed by atoms with Crippen LogP contribution < -0.4 is 5.32 Å². The van der Waals surface area contributed by atoms with Gasteiger partial charge in [-0.3, -0.25) is 9.48 Å². The van der Waals surface area contributed by atoms with Crippen molar-refractivity contribution >= 4 is 28.5 Å². The molecule has 0 fully saturated rings. The van der Waals surface area contributed by atoms with Gasteiger partial charge in [0.2, 0.25) is 0 Å². The van der Waals surface area contributed by atoms with Crippen molar-refractivity contribution in [2.75, 3.05) is 7.05 Å². The van der Waals surface area contributed by atoms with Gasteiger partial charge >= 0.3 is 0 Å². The minimum atomic E-state index is -0.196. The third-order valence-corrected chi connectivity index (χ3v) is 4.89. The lowest BCUT2D eigenvalue weighted by atomic mass is 9.72. The molecule has 0 saturated heterocycles. The van der Waals surface area contributed by atoms with Crippen LogP contribution in [0.3, 0.4) is 0 Å². The van der Waals surface area contributed by atoms with E-state index in [0.29, 0.717) is 5.69 Å². The fraction of sp³-hybridized carbons (Fsp3) is 0.500. The lowest BCUT2D eigenvalue weighted by Crippen LogP contribution is -2.31. The van der Waals surface area contributed by atoms with Crippen LogP contribution in [0.25, 0.3) is 11.4 Å². The summed E-state index contributed by atoms with van der Waals surface area (Å²) in [4.78, 5) is 21.5. The van der Waals surface area contributed by atoms with E-state index < -0.39 is 0 Å². The van der Waals surface area contributed by atoms with E-state index in [1.807, 2.05) is 7.05 Å². The van der Waals surface area contributed by atoms with Crippen LogP contribution in [0.1, 0.15) is 48.1 Å². The molecule has 6 nitrogen and oxygen atoms in total. The largest absolute Gasteiger partial charge is 0.354 e. The third-order valence-electron chi connectivity index (χ3n) is 4.41. The second-order valence-electron chi connectivity index (χ2n) is 6.46. The summed E-state index contributed by atoms with van der Waals surface area (Å²) in [6, 6.07) is 0. The summed E-state index contributed by atoms with van der Waals surface area (Å²) in [7, 11) is 3.50. The van der Waals surface area contributed by atoms with Gasteiger partial charge in [-0.15, -0.1) is 0 Å². The number of aryl methyl sites for hydroxylation is 2. The topological polar surface area (TPSA) is 72.7 Å². The number of nitrogens with zero attached hydrogens (tertiary/aromatic N) is 4. The van der Waals surface area contributed by atoms with E-state index in [-0.39, 0.29) is 11.3 Å². The molecule has 0 aliphatic heterocycles. The minimum absolute atomic E-state index is 0.155. The number of halogens is 1. The minimum Gasteiger partial charge on any atom is -0.354 e. The second-order valence-corrected chi connectivity index (χ2v) is 7.42. The first kappa shape index (κ1) is 16.4. The van der Waals surface area contributed by atoms with Crippen molar-refractivity contribution in [3.05, 3.63) is 26.3 Å². The molecule has 0 aromatic carbocycles. The molecule has 1 amide bonds. The first-order chi connectivity index (χ1) is 10.8. The zero-order valence-electron chi connectivity index (χ0n) is 14.0. The van der Waals surface area contributed by atoms with Gasteiger partial charge < -0.3 is 5.32 Å². The van der Waals surface area contributed by atoms with Crippen LogP contribution in [0.15, 0.2) is 0 Å². The van der Waals surface area contributed by atoms with Crippen LogP contribution in [0.4, 0.5) is 0 Å². The van der Waals surface area contributed by atoms with E-state index >= 15 is 0 Å². The predicted octanol–water partition coefficient (Wildman–Crippen LogP) is 2.24. The Balaban J connectivity index is 2.38. The number of amides is 1. The number of rotatable bonds is 2. The summed E-state index contributed by atoms with van der Waals surface area (Å²) in [5, 5.41) is 7.18. The van der Waals surface area contributed by atoms with Gasteiger partial charge in [-0.25, -0.2) is 9.97 Å². The first-order valence-electron chi connectivity index (χ1n) is 7.65. The van der Waals surface area contributed by atoms with Gasteiger partial charge in [0.05, 0.1) is 11.4 Å². The summed E-state index contributed by atoms with van der Waals surface area (Å²) in [6.07, 6.45) is 1.68. The van der Waals surface area contributed by atoms with Crippen molar-refractivity contribution in [3.8, 4) is 11.4 Å². The molecule has 0 bridgehead atoms. The molecule has 0 spiro atoms. The summed E-state index contributed by atoms with van der Waals surface area (Å²) in [5.74, 6) is -0.155. The Hall–Kier alpha value is -1.51. The molecule has 0 radical (unpaired) electrons. The lowest BCUT2D eigenvalue weighted by Gasteiger charge is -2.32. The smallest absolute Gasteiger partial charge is 0.271 e. The number of hydrogen-bond donors (Lipinski definition) is 1. The number of fused-ring (bicyclic) bond motifs is 3. The van der Waals surface area contributed by atoms with Crippen molar-refractivity contribution in [1.82, 2.24) is 25.1 Å². The normalized spacial score (nSPS) is 15.0. The molecule has 0 atom stereocenters. The number of nitrogens with one attached hydrogen (secondary N) is 1. The molecule has 2 aromatic rings. The molecular weight excluding hydrogens is 405 g/mol. The number of carbonyl (C=O) groups is 1. The zero-order chi connectivity index (χ0) is 16.9. The van der Waals surface area contributed by atoms with Crippen LogP contribution in [-0.2, 0) is 25.3 Å². The Kier molecular flexibility index (Phi) is 3.94. The van der Waals surface area contributed by atoms with Gasteiger partial charge in [-0.1, -0.05) is 20.8 Å². The van der Waals surface area contributed by atoms with Crippen LogP contribution in [-0.4, -0.2) is 32.7 Å². The molecule has 1 N–H and O–H groups in total. The molecule has 7 heteroatoms. The average Bonchev–Trinajstić information content (AvgIpc) is 2.85. The van der Waals surface area contributed by atoms with Crippen LogP contribution in [0.5, 0.6) is 0 Å². The Morgan fingerprint density at radius 3 is 2.70 bits per heavy atom. The summed E-state index contributed by atoms with van der Waals surface area (Å²) in [6.45, 7) is 6.42. The first-order valence-corrected chi connectivity index (χ1v) is 8.73. The monoisotopic (exact) mass is 425 g/mol. The summed E-state index contributed by atoms with van der Waals surface area (Å²) >= 11 is 2.15. The van der Waals surface area contributed by atoms with Gasteiger partial charge in [0.25, 0.3) is 5.91 Å². The van der Waals surface area contributed by atoms with Crippen LogP contribution in [0.2, 0.25) is 0 Å². The second kappa shape index (κ2) is 5.54. The van der Waals surface area contributed by atoms with E-state index in [2.05, 4.69) is 63.7 Å². The molecule has 122 valence electrons. The Labute approximate surface area is 149 Å². The number of aromatic nitrogens is 4. The zero-order valence-corrected chi connectivity index (χ0v) is 16.1.